The highest BCUT2D eigenvalue weighted by Gasteiger charge is 2.12. The number of thiazole rings is 1. The molecule has 0 aliphatic carbocycles. The predicted octanol–water partition coefficient (Wildman–Crippen LogP) is 2.05. The molecule has 0 saturated heterocycles. The van der Waals surface area contributed by atoms with Gasteiger partial charge in [-0.2, -0.15) is 0 Å². The summed E-state index contributed by atoms with van der Waals surface area (Å²) in [5, 5.41) is 4.67. The lowest BCUT2D eigenvalue weighted by molar-refractivity contribution is 0.0936. The van der Waals surface area contributed by atoms with Crippen molar-refractivity contribution in [2.45, 2.75) is 0 Å². The second kappa shape index (κ2) is 5.42. The first-order valence-corrected chi connectivity index (χ1v) is 5.99. The van der Waals surface area contributed by atoms with Gasteiger partial charge in [-0.05, 0) is 18.7 Å². The first kappa shape index (κ1) is 12.3. The number of ether oxygens (including phenoxy) is 1. The van der Waals surface area contributed by atoms with Gasteiger partial charge in [0.25, 0.3) is 5.91 Å². The van der Waals surface area contributed by atoms with Crippen molar-refractivity contribution in [2.75, 3.05) is 7.11 Å². The minimum Gasteiger partial charge on any atom is -0.483 e. The van der Waals surface area contributed by atoms with E-state index in [1.807, 2.05) is 17.5 Å². The van der Waals surface area contributed by atoms with Crippen molar-refractivity contribution in [1.29, 1.82) is 0 Å². The van der Waals surface area contributed by atoms with Crippen molar-refractivity contribution in [3.8, 4) is 11.3 Å². The highest BCUT2D eigenvalue weighted by atomic mass is 32.1. The van der Waals surface area contributed by atoms with Gasteiger partial charge in [0.05, 0.1) is 12.8 Å². The molecule has 0 atom stereocenters. The lowest BCUT2D eigenvalue weighted by atomic mass is 10.2. The first-order chi connectivity index (χ1) is 8.70. The molecule has 92 valence electrons. The maximum atomic E-state index is 11.7. The third-order valence-electron chi connectivity index (χ3n) is 2.17. The van der Waals surface area contributed by atoms with E-state index in [-0.39, 0.29) is 11.8 Å². The van der Waals surface area contributed by atoms with Gasteiger partial charge >= 0.3 is 0 Å². The molecule has 2 rings (SSSR count). The van der Waals surface area contributed by atoms with Gasteiger partial charge in [0.2, 0.25) is 0 Å². The summed E-state index contributed by atoms with van der Waals surface area (Å²) in [7, 11) is 1.44. The average Bonchev–Trinajstić information content (AvgIpc) is 2.89. The van der Waals surface area contributed by atoms with Crippen LogP contribution in [-0.2, 0) is 4.74 Å². The van der Waals surface area contributed by atoms with Gasteiger partial charge in [0, 0.05) is 23.3 Å². The van der Waals surface area contributed by atoms with E-state index >= 15 is 0 Å². The molecule has 0 fully saturated rings. The molecule has 2 aromatic heterocycles. The fourth-order valence-electron chi connectivity index (χ4n) is 1.26. The van der Waals surface area contributed by atoms with Crippen molar-refractivity contribution >= 4 is 17.2 Å². The van der Waals surface area contributed by atoms with Crippen LogP contribution in [0.3, 0.4) is 0 Å². The van der Waals surface area contributed by atoms with Gasteiger partial charge in [-0.1, -0.05) is 0 Å². The van der Waals surface area contributed by atoms with Crippen LogP contribution < -0.4 is 5.32 Å². The molecule has 0 aliphatic rings. The number of methoxy groups -OCH3 is 1. The molecule has 6 heteroatoms. The Balaban J connectivity index is 2.16. The van der Waals surface area contributed by atoms with E-state index in [9.17, 15) is 4.79 Å². The summed E-state index contributed by atoms with van der Waals surface area (Å²) >= 11 is 1.26. The summed E-state index contributed by atoms with van der Waals surface area (Å²) in [6, 6.07) is 3.68. The molecule has 1 amide bonds. The third kappa shape index (κ3) is 2.72. The molecule has 5 nitrogen and oxygen atoms in total. The Morgan fingerprint density at radius 2 is 2.17 bits per heavy atom. The maximum Gasteiger partial charge on any atom is 0.286 e. The van der Waals surface area contributed by atoms with Gasteiger partial charge in [0.15, 0.2) is 10.9 Å². The Hall–Kier alpha value is -2.21. The van der Waals surface area contributed by atoms with Gasteiger partial charge < -0.3 is 4.74 Å². The van der Waals surface area contributed by atoms with Crippen LogP contribution in [-0.4, -0.2) is 23.0 Å². The first-order valence-electron chi connectivity index (χ1n) is 5.11. The number of aromatic nitrogens is 2. The molecule has 1 N–H and O–H groups in total. The number of pyridine rings is 1. The van der Waals surface area contributed by atoms with Crippen LogP contribution in [0.5, 0.6) is 0 Å². The van der Waals surface area contributed by atoms with Crippen LogP contribution in [0.1, 0.15) is 9.80 Å². The second-order valence-electron chi connectivity index (χ2n) is 3.36. The molecule has 0 aliphatic heterocycles. The number of amides is 1. The second-order valence-corrected chi connectivity index (χ2v) is 4.21. The van der Waals surface area contributed by atoms with E-state index in [1.54, 1.807) is 12.4 Å². The summed E-state index contributed by atoms with van der Waals surface area (Å²) in [6.07, 6.45) is 3.36. The molecule has 0 spiro atoms. The molecule has 2 heterocycles. The number of carbonyl (C=O) groups excluding carboxylic acids is 1. The SMILES string of the molecule is C=C(NC(=O)c1nc(-c2ccncc2)cs1)OC. The van der Waals surface area contributed by atoms with Crippen molar-refractivity contribution in [1.82, 2.24) is 15.3 Å². The summed E-state index contributed by atoms with van der Waals surface area (Å²) < 4.78 is 4.78. The Morgan fingerprint density at radius 3 is 2.83 bits per heavy atom. The minimum absolute atomic E-state index is 0.195. The molecule has 18 heavy (non-hydrogen) atoms. The highest BCUT2D eigenvalue weighted by molar-refractivity contribution is 7.12. The van der Waals surface area contributed by atoms with E-state index in [4.69, 9.17) is 4.74 Å². The summed E-state index contributed by atoms with van der Waals surface area (Å²) in [4.78, 5) is 19.9. The Bertz CT molecular complexity index is 566. The molecular formula is C12H11N3O2S. The third-order valence-corrected chi connectivity index (χ3v) is 3.01. The fraction of sp³-hybridized carbons (Fsp3) is 0.0833. The lowest BCUT2D eigenvalue weighted by Gasteiger charge is -2.03. The monoisotopic (exact) mass is 261 g/mol. The van der Waals surface area contributed by atoms with Crippen LogP contribution in [0, 0.1) is 0 Å². The van der Waals surface area contributed by atoms with Crippen molar-refractivity contribution in [2.24, 2.45) is 0 Å². The topological polar surface area (TPSA) is 64.1 Å². The smallest absolute Gasteiger partial charge is 0.286 e. The molecule has 0 radical (unpaired) electrons. The molecule has 2 aromatic rings. The molecule has 0 saturated carbocycles. The van der Waals surface area contributed by atoms with Crippen LogP contribution in [0.2, 0.25) is 0 Å². The Labute approximate surface area is 108 Å². The minimum atomic E-state index is -0.327. The van der Waals surface area contributed by atoms with E-state index in [1.165, 1.54) is 18.4 Å². The largest absolute Gasteiger partial charge is 0.483 e. The lowest BCUT2D eigenvalue weighted by Crippen LogP contribution is -2.22. The highest BCUT2D eigenvalue weighted by Crippen LogP contribution is 2.21. The standard InChI is InChI=1S/C12H11N3O2S/c1-8(17-2)14-11(16)12-15-10(7-18-12)9-3-5-13-6-4-9/h3-7H,1H2,2H3,(H,14,16). The van der Waals surface area contributed by atoms with Crippen molar-refractivity contribution in [3.63, 3.8) is 0 Å². The van der Waals surface area contributed by atoms with E-state index < -0.39 is 0 Å². The number of nitrogens with zero attached hydrogens (tertiary/aromatic N) is 2. The van der Waals surface area contributed by atoms with Gasteiger partial charge in [0.1, 0.15) is 0 Å². The zero-order valence-corrected chi connectivity index (χ0v) is 10.5. The molecular weight excluding hydrogens is 250 g/mol. The van der Waals surface area contributed by atoms with E-state index in [2.05, 4.69) is 21.9 Å². The zero-order chi connectivity index (χ0) is 13.0. The van der Waals surface area contributed by atoms with Crippen LogP contribution in [0.25, 0.3) is 11.3 Å². The Kier molecular flexibility index (Phi) is 3.69. The predicted molar refractivity (Wildman–Crippen MR) is 69.0 cm³/mol. The summed E-state index contributed by atoms with van der Waals surface area (Å²) in [6.45, 7) is 3.52. The molecule has 0 unspecified atom stereocenters. The number of hydrogen-bond donors (Lipinski definition) is 1. The number of carbonyl (C=O) groups is 1. The maximum absolute atomic E-state index is 11.7. The number of nitrogens with one attached hydrogen (secondary N) is 1. The normalized spacial score (nSPS) is 9.83. The summed E-state index contributed by atoms with van der Waals surface area (Å²) in [5.74, 6) is -0.132. The van der Waals surface area contributed by atoms with E-state index in [0.717, 1.165) is 11.3 Å². The number of rotatable bonds is 4. The zero-order valence-electron chi connectivity index (χ0n) is 9.71. The number of hydrogen-bond acceptors (Lipinski definition) is 5. The fourth-order valence-corrected chi connectivity index (χ4v) is 1.99. The van der Waals surface area contributed by atoms with Crippen LogP contribution in [0.15, 0.2) is 42.4 Å². The van der Waals surface area contributed by atoms with Gasteiger partial charge in [-0.3, -0.25) is 15.1 Å². The van der Waals surface area contributed by atoms with E-state index in [0.29, 0.717) is 5.01 Å². The van der Waals surface area contributed by atoms with Crippen molar-refractivity contribution < 1.29 is 9.53 Å². The van der Waals surface area contributed by atoms with Gasteiger partial charge in [-0.25, -0.2) is 4.98 Å². The average molecular weight is 261 g/mol. The Morgan fingerprint density at radius 1 is 1.44 bits per heavy atom. The van der Waals surface area contributed by atoms with Crippen LogP contribution in [0.4, 0.5) is 0 Å². The van der Waals surface area contributed by atoms with Crippen LogP contribution >= 0.6 is 11.3 Å². The van der Waals surface area contributed by atoms with Crippen molar-refractivity contribution in [3.05, 3.63) is 47.4 Å². The molecule has 0 bridgehead atoms. The quantitative estimate of drug-likeness (QED) is 0.855. The van der Waals surface area contributed by atoms with Gasteiger partial charge in [-0.15, -0.1) is 11.3 Å². The molecule has 0 aromatic carbocycles. The summed E-state index contributed by atoms with van der Waals surface area (Å²) in [5.41, 5.74) is 1.67.